The standard InChI is InChI=1S/C20H30N2O2/c1-24-19-9-5-4-7-17(19)10-12-21-20(23)15-22-13-11-16-6-2-3-8-18(16)14-22/h4-5,7,9,16,18H,2-3,6,8,10-15H2,1H3,(H,21,23)/p+1/t16-,18+/m0/s1. The van der Waals surface area contributed by atoms with Crippen molar-refractivity contribution in [3.63, 3.8) is 0 Å². The molecule has 1 aliphatic heterocycles. The van der Waals surface area contributed by atoms with Crippen molar-refractivity contribution in [2.75, 3.05) is 33.3 Å². The number of carbonyl (C=O) groups excluding carboxylic acids is 1. The van der Waals surface area contributed by atoms with Gasteiger partial charge in [-0.3, -0.25) is 4.79 Å². The summed E-state index contributed by atoms with van der Waals surface area (Å²) in [6.45, 7) is 3.68. The Hall–Kier alpha value is -1.55. The molecule has 2 fully saturated rings. The summed E-state index contributed by atoms with van der Waals surface area (Å²) < 4.78 is 5.36. The molecule has 3 rings (SSSR count). The highest BCUT2D eigenvalue weighted by atomic mass is 16.5. The highest BCUT2D eigenvalue weighted by Crippen LogP contribution is 2.32. The van der Waals surface area contributed by atoms with E-state index in [1.807, 2.05) is 18.2 Å². The van der Waals surface area contributed by atoms with E-state index in [0.29, 0.717) is 13.1 Å². The minimum Gasteiger partial charge on any atom is -0.496 e. The summed E-state index contributed by atoms with van der Waals surface area (Å²) >= 11 is 0. The predicted molar refractivity (Wildman–Crippen MR) is 95.3 cm³/mol. The van der Waals surface area contributed by atoms with Gasteiger partial charge in [0.1, 0.15) is 5.75 Å². The van der Waals surface area contributed by atoms with Crippen LogP contribution in [0, 0.1) is 11.8 Å². The molecule has 1 saturated heterocycles. The molecule has 0 bridgehead atoms. The van der Waals surface area contributed by atoms with Gasteiger partial charge in [-0.25, -0.2) is 0 Å². The van der Waals surface area contributed by atoms with E-state index in [1.54, 1.807) is 7.11 Å². The normalized spacial score (nSPS) is 26.5. The van der Waals surface area contributed by atoms with E-state index in [4.69, 9.17) is 4.74 Å². The lowest BCUT2D eigenvalue weighted by atomic mass is 9.75. The van der Waals surface area contributed by atoms with Crippen LogP contribution >= 0.6 is 0 Å². The lowest BCUT2D eigenvalue weighted by Crippen LogP contribution is -3.15. The summed E-state index contributed by atoms with van der Waals surface area (Å²) in [6, 6.07) is 8.01. The van der Waals surface area contributed by atoms with Gasteiger partial charge in [0.05, 0.1) is 20.2 Å². The first-order chi connectivity index (χ1) is 11.8. The smallest absolute Gasteiger partial charge is 0.275 e. The molecule has 1 heterocycles. The molecule has 2 N–H and O–H groups in total. The number of piperidine rings is 1. The first-order valence-corrected chi connectivity index (χ1v) is 9.48. The van der Waals surface area contributed by atoms with Crippen LogP contribution in [0.5, 0.6) is 5.75 Å². The average molecular weight is 331 g/mol. The number of benzene rings is 1. The van der Waals surface area contributed by atoms with Gasteiger partial charge >= 0.3 is 0 Å². The number of ether oxygens (including phenoxy) is 1. The lowest BCUT2D eigenvalue weighted by molar-refractivity contribution is -0.902. The topological polar surface area (TPSA) is 42.8 Å². The monoisotopic (exact) mass is 331 g/mol. The molecule has 3 atom stereocenters. The van der Waals surface area contributed by atoms with Crippen molar-refractivity contribution >= 4 is 5.91 Å². The SMILES string of the molecule is COc1ccccc1CCNC(=O)C[NH+]1CC[C@@H]2CCCC[C@@H]2C1. The van der Waals surface area contributed by atoms with E-state index < -0.39 is 0 Å². The number of hydrogen-bond acceptors (Lipinski definition) is 2. The molecule has 0 radical (unpaired) electrons. The molecule has 24 heavy (non-hydrogen) atoms. The molecule has 4 heteroatoms. The zero-order valence-corrected chi connectivity index (χ0v) is 14.9. The second-order valence-electron chi connectivity index (χ2n) is 7.39. The van der Waals surface area contributed by atoms with Gasteiger partial charge < -0.3 is 15.0 Å². The number of para-hydroxylation sites is 1. The summed E-state index contributed by atoms with van der Waals surface area (Å²) in [5, 5.41) is 3.09. The summed E-state index contributed by atoms with van der Waals surface area (Å²) in [6.07, 6.45) is 7.73. The van der Waals surface area contributed by atoms with Crippen molar-refractivity contribution < 1.29 is 14.4 Å². The Kier molecular flexibility index (Phi) is 6.13. The Balaban J connectivity index is 1.40. The molecule has 0 spiro atoms. The van der Waals surface area contributed by atoms with Gasteiger partial charge in [-0.2, -0.15) is 0 Å². The van der Waals surface area contributed by atoms with E-state index >= 15 is 0 Å². The molecule has 1 aromatic carbocycles. The second kappa shape index (κ2) is 8.52. The van der Waals surface area contributed by atoms with Gasteiger partial charge in [-0.15, -0.1) is 0 Å². The number of quaternary nitrogens is 1. The van der Waals surface area contributed by atoms with Crippen LogP contribution in [0.15, 0.2) is 24.3 Å². The van der Waals surface area contributed by atoms with Crippen molar-refractivity contribution in [3.8, 4) is 5.75 Å². The third-order valence-electron chi connectivity index (χ3n) is 5.81. The van der Waals surface area contributed by atoms with Gasteiger partial charge in [0.25, 0.3) is 5.91 Å². The van der Waals surface area contributed by atoms with Crippen molar-refractivity contribution in [2.24, 2.45) is 11.8 Å². The first kappa shape index (κ1) is 17.3. The van der Waals surface area contributed by atoms with Crippen molar-refractivity contribution in [1.29, 1.82) is 0 Å². The molecule has 1 saturated carbocycles. The molecule has 1 aromatic rings. The number of rotatable bonds is 6. The van der Waals surface area contributed by atoms with Crippen LogP contribution < -0.4 is 15.0 Å². The highest BCUT2D eigenvalue weighted by molar-refractivity contribution is 5.76. The summed E-state index contributed by atoms with van der Waals surface area (Å²) in [4.78, 5) is 13.7. The molecule has 1 aliphatic carbocycles. The number of methoxy groups -OCH3 is 1. The minimum atomic E-state index is 0.189. The molecule has 2 aliphatic rings. The van der Waals surface area contributed by atoms with Crippen LogP contribution in [0.25, 0.3) is 0 Å². The zero-order valence-electron chi connectivity index (χ0n) is 14.9. The number of nitrogens with one attached hydrogen (secondary N) is 2. The summed E-state index contributed by atoms with van der Waals surface area (Å²) in [5.74, 6) is 2.89. The van der Waals surface area contributed by atoms with Crippen LogP contribution in [-0.4, -0.2) is 39.2 Å². The maximum atomic E-state index is 12.3. The van der Waals surface area contributed by atoms with Gasteiger partial charge in [0, 0.05) is 12.5 Å². The van der Waals surface area contributed by atoms with Crippen molar-refractivity contribution in [3.05, 3.63) is 29.8 Å². The Morgan fingerprint density at radius 2 is 2.00 bits per heavy atom. The maximum Gasteiger partial charge on any atom is 0.275 e. The van der Waals surface area contributed by atoms with Gasteiger partial charge in [-0.1, -0.05) is 31.0 Å². The molecule has 0 aromatic heterocycles. The molecule has 132 valence electrons. The predicted octanol–water partition coefficient (Wildman–Crippen LogP) is 1.45. The Morgan fingerprint density at radius 3 is 2.83 bits per heavy atom. The third kappa shape index (κ3) is 4.50. The van der Waals surface area contributed by atoms with E-state index in [-0.39, 0.29) is 5.91 Å². The van der Waals surface area contributed by atoms with Gasteiger partial charge in [0.15, 0.2) is 6.54 Å². The molecular weight excluding hydrogens is 300 g/mol. The largest absolute Gasteiger partial charge is 0.496 e. The fraction of sp³-hybridized carbons (Fsp3) is 0.650. The van der Waals surface area contributed by atoms with Crippen LogP contribution in [0.2, 0.25) is 0 Å². The highest BCUT2D eigenvalue weighted by Gasteiger charge is 2.34. The Morgan fingerprint density at radius 1 is 1.21 bits per heavy atom. The summed E-state index contributed by atoms with van der Waals surface area (Å²) in [7, 11) is 1.69. The van der Waals surface area contributed by atoms with Crippen LogP contribution in [-0.2, 0) is 11.2 Å². The quantitative estimate of drug-likeness (QED) is 0.828. The van der Waals surface area contributed by atoms with E-state index in [0.717, 1.165) is 29.6 Å². The van der Waals surface area contributed by atoms with E-state index in [1.165, 1.54) is 50.1 Å². The van der Waals surface area contributed by atoms with Crippen LogP contribution in [0.4, 0.5) is 0 Å². The fourth-order valence-corrected chi connectivity index (χ4v) is 4.49. The van der Waals surface area contributed by atoms with Crippen LogP contribution in [0.1, 0.15) is 37.7 Å². The van der Waals surface area contributed by atoms with Gasteiger partial charge in [-0.05, 0) is 43.2 Å². The van der Waals surface area contributed by atoms with E-state index in [2.05, 4.69) is 11.4 Å². The van der Waals surface area contributed by atoms with Gasteiger partial charge in [0.2, 0.25) is 0 Å². The molecule has 4 nitrogen and oxygen atoms in total. The number of hydrogen-bond donors (Lipinski definition) is 2. The summed E-state index contributed by atoms with van der Waals surface area (Å²) in [5.41, 5.74) is 1.15. The number of fused-ring (bicyclic) bond motifs is 1. The second-order valence-corrected chi connectivity index (χ2v) is 7.39. The lowest BCUT2D eigenvalue weighted by Gasteiger charge is -2.38. The minimum absolute atomic E-state index is 0.189. The first-order valence-electron chi connectivity index (χ1n) is 9.48. The molecule has 1 amide bonds. The number of amides is 1. The zero-order chi connectivity index (χ0) is 16.8. The fourth-order valence-electron chi connectivity index (χ4n) is 4.49. The average Bonchev–Trinajstić information content (AvgIpc) is 2.62. The van der Waals surface area contributed by atoms with Crippen LogP contribution in [0.3, 0.4) is 0 Å². The van der Waals surface area contributed by atoms with E-state index in [9.17, 15) is 4.79 Å². The molecule has 1 unspecified atom stereocenters. The van der Waals surface area contributed by atoms with Crippen molar-refractivity contribution in [1.82, 2.24) is 5.32 Å². The van der Waals surface area contributed by atoms with Crippen molar-refractivity contribution in [2.45, 2.75) is 38.5 Å². The maximum absolute atomic E-state index is 12.3. The number of likely N-dealkylation sites (tertiary alicyclic amines) is 1. The Labute approximate surface area is 145 Å². The Bertz CT molecular complexity index is 546. The third-order valence-corrected chi connectivity index (χ3v) is 5.81. The number of carbonyl (C=O) groups is 1. The molecular formula is C20H31N2O2+.